The van der Waals surface area contributed by atoms with Crippen LogP contribution in [0.15, 0.2) is 16.7 Å². The van der Waals surface area contributed by atoms with Gasteiger partial charge in [0.15, 0.2) is 0 Å². The van der Waals surface area contributed by atoms with Gasteiger partial charge in [-0.3, -0.25) is 0 Å². The highest BCUT2D eigenvalue weighted by Gasteiger charge is 2.19. The minimum Gasteiger partial charge on any atom is -0.475 e. The Morgan fingerprint density at radius 2 is 2.06 bits per heavy atom. The van der Waals surface area contributed by atoms with Gasteiger partial charge in [-0.1, -0.05) is 11.6 Å². The molecule has 1 aromatic carbocycles. The monoisotopic (exact) mass is 260 g/mol. The predicted molar refractivity (Wildman–Crippen MR) is 51.6 cm³/mol. The van der Waals surface area contributed by atoms with Crippen LogP contribution in [-0.4, -0.2) is 21.2 Å². The van der Waals surface area contributed by atoms with Crippen LogP contribution in [0.25, 0.3) is 11.5 Å². The molecule has 0 saturated carbocycles. The summed E-state index contributed by atoms with van der Waals surface area (Å²) in [6.45, 7) is 0. The zero-order chi connectivity index (χ0) is 12.6. The fourth-order valence-corrected chi connectivity index (χ4v) is 1.26. The van der Waals surface area contributed by atoms with Crippen molar-refractivity contribution in [1.29, 1.82) is 0 Å². The van der Waals surface area contributed by atoms with E-state index < -0.39 is 34.3 Å². The number of hydrogen-bond acceptors (Lipinski definition) is 4. The lowest BCUT2D eigenvalue weighted by Gasteiger charge is -1.99. The van der Waals surface area contributed by atoms with E-state index in [1.165, 1.54) is 0 Å². The molecule has 1 heterocycles. The summed E-state index contributed by atoms with van der Waals surface area (Å²) in [4.78, 5) is 13.9. The van der Waals surface area contributed by atoms with Gasteiger partial charge in [-0.25, -0.2) is 13.6 Å². The van der Waals surface area contributed by atoms with Crippen LogP contribution in [0.4, 0.5) is 8.78 Å². The summed E-state index contributed by atoms with van der Waals surface area (Å²) in [7, 11) is 0. The summed E-state index contributed by atoms with van der Waals surface area (Å²) >= 11 is 5.35. The van der Waals surface area contributed by atoms with Crippen molar-refractivity contribution in [2.24, 2.45) is 0 Å². The summed E-state index contributed by atoms with van der Waals surface area (Å²) in [5, 5.41) is 11.2. The first-order valence-electron chi connectivity index (χ1n) is 4.21. The lowest BCUT2D eigenvalue weighted by atomic mass is 10.2. The Labute approximate surface area is 97.6 Å². The van der Waals surface area contributed by atoms with Gasteiger partial charge in [0.25, 0.3) is 11.7 Å². The molecule has 8 heteroatoms. The van der Waals surface area contributed by atoms with Crippen LogP contribution in [0.5, 0.6) is 0 Å². The van der Waals surface area contributed by atoms with Gasteiger partial charge in [0.05, 0.1) is 10.6 Å². The molecule has 0 radical (unpaired) electrons. The van der Waals surface area contributed by atoms with Crippen molar-refractivity contribution in [3.05, 3.63) is 34.6 Å². The van der Waals surface area contributed by atoms with Crippen LogP contribution in [-0.2, 0) is 0 Å². The predicted octanol–water partition coefficient (Wildman–Crippen LogP) is 2.37. The second-order valence-corrected chi connectivity index (χ2v) is 3.38. The first-order chi connectivity index (χ1) is 7.99. The molecular weight excluding hydrogens is 258 g/mol. The Morgan fingerprint density at radius 3 is 2.65 bits per heavy atom. The van der Waals surface area contributed by atoms with Crippen LogP contribution in [0, 0.1) is 11.6 Å². The molecule has 0 unspecified atom stereocenters. The summed E-state index contributed by atoms with van der Waals surface area (Å²) in [5.41, 5.74) is -0.355. The Balaban J connectivity index is 2.52. The number of halogens is 3. The van der Waals surface area contributed by atoms with E-state index in [4.69, 9.17) is 16.7 Å². The van der Waals surface area contributed by atoms with E-state index in [9.17, 15) is 13.6 Å². The topological polar surface area (TPSA) is 76.2 Å². The molecule has 88 valence electrons. The molecule has 5 nitrogen and oxygen atoms in total. The van der Waals surface area contributed by atoms with Crippen LogP contribution in [0.3, 0.4) is 0 Å². The zero-order valence-corrected chi connectivity index (χ0v) is 8.70. The van der Waals surface area contributed by atoms with Gasteiger partial charge in [-0.05, 0) is 17.3 Å². The molecule has 0 atom stereocenters. The SMILES string of the molecule is O=C(O)c1noc(-c2cc(F)c(Cl)cc2F)n1. The maximum absolute atomic E-state index is 13.4. The summed E-state index contributed by atoms with van der Waals surface area (Å²) in [5.74, 6) is -4.28. The average molecular weight is 261 g/mol. The second kappa shape index (κ2) is 4.10. The maximum Gasteiger partial charge on any atom is 0.377 e. The van der Waals surface area contributed by atoms with Gasteiger partial charge in [0, 0.05) is 0 Å². The van der Waals surface area contributed by atoms with Crippen molar-refractivity contribution in [2.75, 3.05) is 0 Å². The number of hydrogen-bond donors (Lipinski definition) is 1. The van der Waals surface area contributed by atoms with Gasteiger partial charge in [-0.15, -0.1) is 0 Å². The molecule has 1 aromatic heterocycles. The number of carboxylic acid groups (broad SMARTS) is 1. The fourth-order valence-electron chi connectivity index (χ4n) is 1.11. The first-order valence-corrected chi connectivity index (χ1v) is 4.58. The molecular formula is C9H3ClF2N2O3. The largest absolute Gasteiger partial charge is 0.475 e. The van der Waals surface area contributed by atoms with E-state index in [0.29, 0.717) is 0 Å². The molecule has 2 rings (SSSR count). The molecule has 0 amide bonds. The van der Waals surface area contributed by atoms with E-state index in [1.54, 1.807) is 0 Å². The summed E-state index contributed by atoms with van der Waals surface area (Å²) in [6.07, 6.45) is 0. The average Bonchev–Trinajstić information content (AvgIpc) is 2.72. The van der Waals surface area contributed by atoms with Crippen molar-refractivity contribution >= 4 is 17.6 Å². The Hall–Kier alpha value is -2.02. The van der Waals surface area contributed by atoms with Crippen LogP contribution in [0.2, 0.25) is 5.02 Å². The lowest BCUT2D eigenvalue weighted by molar-refractivity contribution is 0.0680. The van der Waals surface area contributed by atoms with Crippen LogP contribution >= 0.6 is 11.6 Å². The Bertz CT molecular complexity index is 600. The van der Waals surface area contributed by atoms with Crippen LogP contribution < -0.4 is 0 Å². The highest BCUT2D eigenvalue weighted by atomic mass is 35.5. The maximum atomic E-state index is 13.4. The van der Waals surface area contributed by atoms with Crippen molar-refractivity contribution < 1.29 is 23.2 Å². The molecule has 0 aliphatic rings. The van der Waals surface area contributed by atoms with Crippen molar-refractivity contribution in [3.63, 3.8) is 0 Å². The van der Waals surface area contributed by atoms with Gasteiger partial charge in [-0.2, -0.15) is 4.98 Å². The normalized spacial score (nSPS) is 10.5. The minimum atomic E-state index is -1.44. The quantitative estimate of drug-likeness (QED) is 0.839. The Morgan fingerprint density at radius 1 is 1.35 bits per heavy atom. The van der Waals surface area contributed by atoms with Crippen LogP contribution in [0.1, 0.15) is 10.6 Å². The highest BCUT2D eigenvalue weighted by Crippen LogP contribution is 2.26. The van der Waals surface area contributed by atoms with Crippen molar-refractivity contribution in [1.82, 2.24) is 10.1 Å². The number of nitrogens with zero attached hydrogens (tertiary/aromatic N) is 2. The van der Waals surface area contributed by atoms with E-state index >= 15 is 0 Å². The molecule has 0 bridgehead atoms. The number of aromatic nitrogens is 2. The number of rotatable bonds is 2. The summed E-state index contributed by atoms with van der Waals surface area (Å²) in [6, 6.07) is 1.48. The molecule has 0 fully saturated rings. The van der Waals surface area contributed by atoms with Gasteiger partial charge in [0.1, 0.15) is 11.6 Å². The van der Waals surface area contributed by atoms with Gasteiger partial charge < -0.3 is 9.63 Å². The molecule has 1 N–H and O–H groups in total. The highest BCUT2D eigenvalue weighted by molar-refractivity contribution is 6.30. The van der Waals surface area contributed by atoms with E-state index in [1.807, 2.05) is 0 Å². The smallest absolute Gasteiger partial charge is 0.377 e. The number of benzene rings is 1. The lowest BCUT2D eigenvalue weighted by Crippen LogP contribution is -1.98. The van der Waals surface area contributed by atoms with E-state index in [2.05, 4.69) is 14.7 Å². The standard InChI is InChI=1S/C9H3ClF2N2O3/c10-4-2-5(11)3(1-6(4)12)8-13-7(9(15)16)14-17-8/h1-2H,(H,15,16). The third-order valence-corrected chi connectivity index (χ3v) is 2.15. The van der Waals surface area contributed by atoms with Gasteiger partial charge in [0.2, 0.25) is 0 Å². The molecule has 0 spiro atoms. The minimum absolute atomic E-state index is 0.355. The fraction of sp³-hybridized carbons (Fsp3) is 0. The molecule has 0 saturated heterocycles. The van der Waals surface area contributed by atoms with E-state index in [0.717, 1.165) is 12.1 Å². The summed E-state index contributed by atoms with van der Waals surface area (Å²) < 4.78 is 31.0. The Kier molecular flexibility index (Phi) is 2.76. The third-order valence-electron chi connectivity index (χ3n) is 1.86. The molecule has 0 aliphatic carbocycles. The van der Waals surface area contributed by atoms with Gasteiger partial charge >= 0.3 is 5.97 Å². The third kappa shape index (κ3) is 2.09. The molecule has 17 heavy (non-hydrogen) atoms. The number of carboxylic acids is 1. The van der Waals surface area contributed by atoms with Crippen molar-refractivity contribution in [3.8, 4) is 11.5 Å². The number of aromatic carboxylic acids is 1. The number of carbonyl (C=O) groups is 1. The molecule has 0 aliphatic heterocycles. The molecule has 2 aromatic rings. The van der Waals surface area contributed by atoms with Crippen molar-refractivity contribution in [2.45, 2.75) is 0 Å². The van der Waals surface area contributed by atoms with E-state index in [-0.39, 0.29) is 5.56 Å². The first kappa shape index (κ1) is 11.5. The second-order valence-electron chi connectivity index (χ2n) is 2.97. The zero-order valence-electron chi connectivity index (χ0n) is 7.95.